The van der Waals surface area contributed by atoms with Crippen LogP contribution in [0.15, 0.2) is 53.6 Å². The fourth-order valence-corrected chi connectivity index (χ4v) is 3.42. The second-order valence-electron chi connectivity index (χ2n) is 6.05. The van der Waals surface area contributed by atoms with E-state index < -0.39 is 11.8 Å². The van der Waals surface area contributed by atoms with Crippen LogP contribution in [0.2, 0.25) is 0 Å². The molecule has 2 atom stereocenters. The lowest BCUT2D eigenvalue weighted by Crippen LogP contribution is -2.38. The molecular weight excluding hydrogens is 292 g/mol. The molecule has 0 spiro atoms. The van der Waals surface area contributed by atoms with Crippen molar-refractivity contribution in [3.8, 4) is 0 Å². The predicted octanol–water partition coefficient (Wildman–Crippen LogP) is 2.18. The average molecular weight is 304 g/mol. The summed E-state index contributed by atoms with van der Waals surface area (Å²) >= 11 is 0. The third kappa shape index (κ3) is 1.84. The molecule has 4 heteroatoms. The summed E-state index contributed by atoms with van der Waals surface area (Å²) in [6.45, 7) is 1.86. The van der Waals surface area contributed by atoms with Crippen LogP contribution in [-0.2, 0) is 9.59 Å². The highest BCUT2D eigenvalue weighted by Crippen LogP contribution is 2.39. The van der Waals surface area contributed by atoms with Crippen molar-refractivity contribution in [2.45, 2.75) is 6.92 Å². The van der Waals surface area contributed by atoms with Gasteiger partial charge in [-0.25, -0.2) is 0 Å². The van der Waals surface area contributed by atoms with Crippen LogP contribution in [0.3, 0.4) is 0 Å². The Morgan fingerprint density at radius 3 is 1.83 bits per heavy atom. The van der Waals surface area contributed by atoms with Crippen LogP contribution in [-0.4, -0.2) is 23.1 Å². The lowest BCUT2D eigenvalue weighted by molar-refractivity contribution is -0.115. The van der Waals surface area contributed by atoms with Gasteiger partial charge in [0.15, 0.2) is 23.1 Å². The highest BCUT2D eigenvalue weighted by molar-refractivity contribution is 6.27. The van der Waals surface area contributed by atoms with Gasteiger partial charge in [0, 0.05) is 22.3 Å². The predicted molar refractivity (Wildman–Crippen MR) is 82.1 cm³/mol. The van der Waals surface area contributed by atoms with E-state index in [2.05, 4.69) is 0 Å². The van der Waals surface area contributed by atoms with Gasteiger partial charge in [0.2, 0.25) is 0 Å². The monoisotopic (exact) mass is 304 g/mol. The van der Waals surface area contributed by atoms with Gasteiger partial charge in [-0.3, -0.25) is 19.2 Å². The van der Waals surface area contributed by atoms with E-state index in [1.54, 1.807) is 18.2 Å². The zero-order valence-electron chi connectivity index (χ0n) is 12.3. The summed E-state index contributed by atoms with van der Waals surface area (Å²) in [4.78, 5) is 49.5. The number of carbonyl (C=O) groups is 4. The van der Waals surface area contributed by atoms with Crippen molar-refractivity contribution in [3.63, 3.8) is 0 Å². The van der Waals surface area contributed by atoms with Crippen LogP contribution in [0, 0.1) is 18.8 Å². The summed E-state index contributed by atoms with van der Waals surface area (Å²) in [5.41, 5.74) is 2.15. The highest BCUT2D eigenvalue weighted by atomic mass is 16.1. The Kier molecular flexibility index (Phi) is 2.73. The Labute approximate surface area is 132 Å². The van der Waals surface area contributed by atoms with Gasteiger partial charge in [0.05, 0.1) is 11.8 Å². The molecule has 112 valence electrons. The number of rotatable bonds is 0. The fraction of sp³-hybridized carbons (Fsp3) is 0.158. The summed E-state index contributed by atoms with van der Waals surface area (Å²) in [6, 6.07) is 5.16. The van der Waals surface area contributed by atoms with Crippen LogP contribution in [0.1, 0.15) is 26.3 Å². The smallest absolute Gasteiger partial charge is 0.186 e. The topological polar surface area (TPSA) is 68.3 Å². The Hall–Kier alpha value is -2.88. The van der Waals surface area contributed by atoms with Gasteiger partial charge in [-0.15, -0.1) is 0 Å². The molecule has 0 N–H and O–H groups in total. The van der Waals surface area contributed by atoms with Gasteiger partial charge in [-0.1, -0.05) is 29.8 Å². The first-order valence-electron chi connectivity index (χ1n) is 7.37. The minimum Gasteiger partial charge on any atom is -0.293 e. The molecule has 3 aliphatic carbocycles. The minimum atomic E-state index is -0.709. The van der Waals surface area contributed by atoms with E-state index in [1.165, 1.54) is 24.3 Å². The van der Waals surface area contributed by atoms with E-state index in [0.29, 0.717) is 11.1 Å². The summed E-state index contributed by atoms with van der Waals surface area (Å²) in [5, 5.41) is 0. The maximum absolute atomic E-state index is 12.8. The first kappa shape index (κ1) is 13.8. The van der Waals surface area contributed by atoms with Crippen molar-refractivity contribution in [1.29, 1.82) is 0 Å². The second-order valence-corrected chi connectivity index (χ2v) is 6.05. The minimum absolute atomic E-state index is 0.175. The lowest BCUT2D eigenvalue weighted by atomic mass is 9.68. The third-order valence-corrected chi connectivity index (χ3v) is 4.60. The summed E-state index contributed by atoms with van der Waals surface area (Å²) in [7, 11) is 0. The van der Waals surface area contributed by atoms with Gasteiger partial charge in [-0.2, -0.15) is 0 Å². The SMILES string of the molecule is Cc1ccc2c(c1)C(=O)C1C=C3C(=O)C=CC(=O)C3=CC1C2=O. The maximum atomic E-state index is 12.8. The Morgan fingerprint density at radius 2 is 1.26 bits per heavy atom. The molecule has 3 aliphatic rings. The zero-order valence-corrected chi connectivity index (χ0v) is 12.3. The molecule has 1 aromatic carbocycles. The van der Waals surface area contributed by atoms with E-state index in [9.17, 15) is 19.2 Å². The molecule has 0 aliphatic heterocycles. The van der Waals surface area contributed by atoms with Gasteiger partial charge in [-0.05, 0) is 25.1 Å². The number of fused-ring (bicyclic) bond motifs is 3. The normalized spacial score (nSPS) is 25.4. The van der Waals surface area contributed by atoms with Gasteiger partial charge in [0.25, 0.3) is 0 Å². The summed E-state index contributed by atoms with van der Waals surface area (Å²) < 4.78 is 0. The van der Waals surface area contributed by atoms with Crippen molar-refractivity contribution in [2.24, 2.45) is 11.8 Å². The van der Waals surface area contributed by atoms with E-state index in [0.717, 1.165) is 5.56 Å². The molecule has 4 nitrogen and oxygen atoms in total. The first-order chi connectivity index (χ1) is 11.0. The third-order valence-electron chi connectivity index (χ3n) is 4.60. The number of benzene rings is 1. The van der Waals surface area contributed by atoms with E-state index in [-0.39, 0.29) is 34.3 Å². The highest BCUT2D eigenvalue weighted by Gasteiger charge is 2.43. The van der Waals surface area contributed by atoms with Crippen molar-refractivity contribution in [1.82, 2.24) is 0 Å². The number of Topliss-reactive ketones (excluding diaryl/α,β-unsaturated/α-hetero) is 2. The number of aryl methyl sites for hydroxylation is 1. The second kappa shape index (κ2) is 4.56. The molecule has 2 unspecified atom stereocenters. The maximum Gasteiger partial charge on any atom is 0.186 e. The molecule has 0 fully saturated rings. The van der Waals surface area contributed by atoms with E-state index in [1.807, 2.05) is 6.92 Å². The largest absolute Gasteiger partial charge is 0.293 e. The van der Waals surface area contributed by atoms with Crippen molar-refractivity contribution in [2.75, 3.05) is 0 Å². The Morgan fingerprint density at radius 1 is 0.739 bits per heavy atom. The molecule has 23 heavy (non-hydrogen) atoms. The van der Waals surface area contributed by atoms with Gasteiger partial charge < -0.3 is 0 Å². The molecule has 0 bridgehead atoms. The van der Waals surface area contributed by atoms with Crippen LogP contribution in [0.4, 0.5) is 0 Å². The standard InChI is InChI=1S/C19H12O4/c1-9-2-3-10-13(6-9)19(23)15-8-12-11(7-14(15)18(10)22)16(20)4-5-17(12)21/h2-8,14-15H,1H3. The summed E-state index contributed by atoms with van der Waals surface area (Å²) in [6.07, 6.45) is 5.40. The molecule has 0 amide bonds. The van der Waals surface area contributed by atoms with Crippen LogP contribution < -0.4 is 0 Å². The van der Waals surface area contributed by atoms with E-state index >= 15 is 0 Å². The average Bonchev–Trinajstić information content (AvgIpc) is 2.55. The lowest BCUT2D eigenvalue weighted by Gasteiger charge is -2.31. The quantitative estimate of drug-likeness (QED) is 0.736. The van der Waals surface area contributed by atoms with Crippen LogP contribution in [0.5, 0.6) is 0 Å². The molecular formula is C19H12O4. The molecule has 0 radical (unpaired) electrons. The number of carbonyl (C=O) groups excluding carboxylic acids is 4. The number of hydrogen-bond acceptors (Lipinski definition) is 4. The summed E-state index contributed by atoms with van der Waals surface area (Å²) in [5.74, 6) is -2.37. The van der Waals surface area contributed by atoms with E-state index in [4.69, 9.17) is 0 Å². The Bertz CT molecular complexity index is 911. The molecule has 0 aromatic heterocycles. The van der Waals surface area contributed by atoms with Crippen LogP contribution >= 0.6 is 0 Å². The van der Waals surface area contributed by atoms with Gasteiger partial charge in [0.1, 0.15) is 0 Å². The molecule has 0 heterocycles. The van der Waals surface area contributed by atoms with Crippen molar-refractivity contribution in [3.05, 3.63) is 70.3 Å². The number of allylic oxidation sites excluding steroid dienone is 6. The van der Waals surface area contributed by atoms with Gasteiger partial charge >= 0.3 is 0 Å². The zero-order chi connectivity index (χ0) is 16.3. The first-order valence-corrected chi connectivity index (χ1v) is 7.37. The Balaban J connectivity index is 1.92. The molecule has 0 saturated heterocycles. The van der Waals surface area contributed by atoms with Crippen molar-refractivity contribution < 1.29 is 19.2 Å². The number of hydrogen-bond donors (Lipinski definition) is 0. The molecule has 1 aromatic rings. The molecule has 0 saturated carbocycles. The fourth-order valence-electron chi connectivity index (χ4n) is 3.42. The van der Waals surface area contributed by atoms with Crippen LogP contribution in [0.25, 0.3) is 0 Å². The molecule has 4 rings (SSSR count). The van der Waals surface area contributed by atoms with Crippen molar-refractivity contribution >= 4 is 23.1 Å². The number of ketones is 4.